The summed E-state index contributed by atoms with van der Waals surface area (Å²) in [7, 11) is -8.86. The normalized spacial score (nSPS) is 24.5. The van der Waals surface area contributed by atoms with E-state index in [1.165, 1.54) is 0 Å². The smallest absolute Gasteiger partial charge is 0.310 e. The monoisotopic (exact) mass is 473 g/mol. The molecule has 0 bridgehead atoms. The molecule has 0 spiro atoms. The molecule has 170 valence electrons. The minimum Gasteiger partial charge on any atom is -0.345 e. The maximum atomic E-state index is 14.5. The van der Waals surface area contributed by atoms with Crippen LogP contribution in [0, 0.1) is 22.9 Å². The lowest BCUT2D eigenvalue weighted by Gasteiger charge is -2.46. The van der Waals surface area contributed by atoms with Crippen molar-refractivity contribution < 1.29 is 37.4 Å². The van der Waals surface area contributed by atoms with Gasteiger partial charge in [0, 0.05) is 24.7 Å². The Morgan fingerprint density at radius 1 is 1.00 bits per heavy atom. The quantitative estimate of drug-likeness (QED) is 0.558. The van der Waals surface area contributed by atoms with E-state index in [4.69, 9.17) is 5.41 Å². The van der Waals surface area contributed by atoms with Crippen molar-refractivity contribution in [2.24, 2.45) is 0 Å². The summed E-state index contributed by atoms with van der Waals surface area (Å²) in [5.74, 6) is -7.26. The van der Waals surface area contributed by atoms with Gasteiger partial charge in [0.1, 0.15) is 22.3 Å². The molecule has 0 saturated carbocycles. The first kappa shape index (κ1) is 22.8. The summed E-state index contributed by atoms with van der Waals surface area (Å²) in [6, 6.07) is 2.01. The van der Waals surface area contributed by atoms with E-state index in [2.05, 4.69) is 5.32 Å². The Kier molecular flexibility index (Phi) is 4.51. The van der Waals surface area contributed by atoms with Crippen molar-refractivity contribution in [3.63, 3.8) is 0 Å². The summed E-state index contributed by atoms with van der Waals surface area (Å²) in [5.41, 5.74) is -3.23. The lowest BCUT2D eigenvalue weighted by Crippen LogP contribution is -2.63. The fourth-order valence-corrected chi connectivity index (χ4v) is 4.24. The van der Waals surface area contributed by atoms with Crippen LogP contribution in [-0.4, -0.2) is 23.8 Å². The number of amides is 1. The predicted octanol–water partition coefficient (Wildman–Crippen LogP) is 5.76. The lowest BCUT2D eigenvalue weighted by molar-refractivity contribution is -0.131. The Balaban J connectivity index is 2.23. The van der Waals surface area contributed by atoms with Gasteiger partial charge in [-0.2, -0.15) is 0 Å². The Hall–Kier alpha value is -2.83. The highest BCUT2D eigenvalue weighted by Gasteiger charge is 2.65. The van der Waals surface area contributed by atoms with Crippen LogP contribution in [0.15, 0.2) is 41.3 Å². The number of halogens is 8. The number of hydrogen-bond donors (Lipinski definition) is 2. The average Bonchev–Trinajstić information content (AvgIpc) is 2.57. The van der Waals surface area contributed by atoms with E-state index in [1.54, 1.807) is 0 Å². The van der Waals surface area contributed by atoms with Crippen molar-refractivity contribution in [3.05, 3.63) is 65.0 Å². The van der Waals surface area contributed by atoms with Gasteiger partial charge in [-0.15, -0.1) is 0 Å². The van der Waals surface area contributed by atoms with E-state index in [0.717, 1.165) is 18.9 Å². The van der Waals surface area contributed by atoms with E-state index in [1.807, 2.05) is 0 Å². The predicted molar refractivity (Wildman–Crippen MR) is 97.9 cm³/mol. The SMILES string of the molecule is CN1C(=N)N[C@](C)(c2c(F)cc(F)cc2F)[C@@H](c2ccc(S(F)(F)(F)(F)F)cc2)C1=O. The van der Waals surface area contributed by atoms with E-state index in [9.17, 15) is 37.4 Å². The average molecular weight is 473 g/mol. The van der Waals surface area contributed by atoms with Crippen molar-refractivity contribution in [2.45, 2.75) is 23.3 Å². The molecule has 31 heavy (non-hydrogen) atoms. The van der Waals surface area contributed by atoms with Crippen LogP contribution < -0.4 is 5.32 Å². The third-order valence-electron chi connectivity index (χ3n) is 5.05. The number of nitrogens with one attached hydrogen (secondary N) is 2. The molecule has 13 heteroatoms. The van der Waals surface area contributed by atoms with Crippen LogP contribution in [-0.2, 0) is 10.3 Å². The van der Waals surface area contributed by atoms with Gasteiger partial charge < -0.3 is 5.32 Å². The number of likely N-dealkylation sites (N-methyl/N-ethyl adjacent to an activating group) is 1. The summed E-state index contributed by atoms with van der Waals surface area (Å²) in [5, 5.41) is 10.3. The van der Waals surface area contributed by atoms with Crippen LogP contribution in [0.4, 0.5) is 32.6 Å². The first-order valence-corrected chi connectivity index (χ1v) is 10.4. The molecule has 1 aliphatic heterocycles. The van der Waals surface area contributed by atoms with Gasteiger partial charge in [0.25, 0.3) is 0 Å². The van der Waals surface area contributed by atoms with Crippen LogP contribution in [0.3, 0.4) is 0 Å². The zero-order valence-corrected chi connectivity index (χ0v) is 16.6. The molecule has 2 N–H and O–H groups in total. The summed E-state index contributed by atoms with van der Waals surface area (Å²) >= 11 is 0. The second-order valence-electron chi connectivity index (χ2n) is 7.29. The first-order valence-electron chi connectivity index (χ1n) is 8.48. The van der Waals surface area contributed by atoms with E-state index >= 15 is 0 Å². The molecule has 1 amide bonds. The van der Waals surface area contributed by atoms with Gasteiger partial charge in [-0.25, -0.2) is 13.2 Å². The fourth-order valence-electron chi connectivity index (χ4n) is 3.59. The lowest BCUT2D eigenvalue weighted by atomic mass is 9.73. The minimum absolute atomic E-state index is 0.0713. The van der Waals surface area contributed by atoms with Crippen molar-refractivity contribution >= 4 is 22.1 Å². The molecule has 0 aromatic heterocycles. The maximum absolute atomic E-state index is 14.5. The summed E-state index contributed by atoms with van der Waals surface area (Å²) in [4.78, 5) is 11.4. The second-order valence-corrected chi connectivity index (χ2v) is 9.70. The first-order chi connectivity index (χ1) is 13.8. The molecule has 4 nitrogen and oxygen atoms in total. The number of nitrogens with zero attached hydrogens (tertiary/aromatic N) is 1. The Bertz CT molecular complexity index is 1080. The molecule has 2 aromatic carbocycles. The molecule has 1 aliphatic rings. The molecule has 0 aliphatic carbocycles. The zero-order valence-electron chi connectivity index (χ0n) is 15.8. The molecule has 1 fully saturated rings. The summed E-state index contributed by atoms with van der Waals surface area (Å²) < 4.78 is 108. The number of carbonyl (C=O) groups is 1. The van der Waals surface area contributed by atoms with Gasteiger partial charge in [-0.05, 0) is 24.6 Å². The van der Waals surface area contributed by atoms with Crippen molar-refractivity contribution in [1.29, 1.82) is 5.41 Å². The second kappa shape index (κ2) is 6.11. The van der Waals surface area contributed by atoms with Crippen molar-refractivity contribution in [2.75, 3.05) is 7.05 Å². The van der Waals surface area contributed by atoms with Crippen molar-refractivity contribution in [1.82, 2.24) is 10.2 Å². The van der Waals surface area contributed by atoms with Gasteiger partial charge in [0.15, 0.2) is 5.96 Å². The maximum Gasteiger partial charge on any atom is 0.310 e. The number of benzene rings is 2. The highest BCUT2D eigenvalue weighted by atomic mass is 32.5. The molecule has 1 saturated heterocycles. The van der Waals surface area contributed by atoms with Crippen LogP contribution in [0.2, 0.25) is 0 Å². The molecule has 1 heterocycles. The Labute approximate surface area is 171 Å². The van der Waals surface area contributed by atoms with Crippen LogP contribution in [0.1, 0.15) is 24.0 Å². The molecular formula is C18H15F8N3OS. The van der Waals surface area contributed by atoms with Gasteiger partial charge in [0.05, 0.1) is 11.5 Å². The van der Waals surface area contributed by atoms with Crippen LogP contribution >= 0.6 is 10.2 Å². The van der Waals surface area contributed by atoms with Crippen LogP contribution in [0.25, 0.3) is 0 Å². The zero-order chi connectivity index (χ0) is 23.6. The Morgan fingerprint density at radius 3 is 1.94 bits per heavy atom. The molecule has 2 atom stereocenters. The third kappa shape index (κ3) is 3.93. The summed E-state index contributed by atoms with van der Waals surface area (Å²) in [6.07, 6.45) is 0. The molecule has 0 unspecified atom stereocenters. The summed E-state index contributed by atoms with van der Waals surface area (Å²) in [6.45, 7) is 1.09. The topological polar surface area (TPSA) is 56.2 Å². The largest absolute Gasteiger partial charge is 0.345 e. The van der Waals surface area contributed by atoms with E-state index < -0.39 is 61.5 Å². The number of hydrogen-bond acceptors (Lipinski definition) is 2. The van der Waals surface area contributed by atoms with Gasteiger partial charge in [0.2, 0.25) is 5.91 Å². The Morgan fingerprint density at radius 2 is 1.48 bits per heavy atom. The highest BCUT2D eigenvalue weighted by Crippen LogP contribution is 3.02. The minimum atomic E-state index is -9.99. The van der Waals surface area contributed by atoms with Gasteiger partial charge in [-0.1, -0.05) is 31.6 Å². The van der Waals surface area contributed by atoms with Crippen LogP contribution in [0.5, 0.6) is 0 Å². The standard InChI is InChI=1S/C18H15F8N3OS/c1-18(15-12(20)7-10(19)8-13(15)21)14(16(30)29(2)17(27)28-18)9-3-5-11(6-4-9)31(22,23,24,25)26/h3-8,14H,1-2H3,(H2,27,28)/t14-,18-/m0/s1. The number of guanidine groups is 1. The number of rotatable bonds is 3. The van der Waals surface area contributed by atoms with E-state index in [-0.39, 0.29) is 17.7 Å². The van der Waals surface area contributed by atoms with E-state index in [0.29, 0.717) is 24.3 Å². The van der Waals surface area contributed by atoms with Gasteiger partial charge >= 0.3 is 10.2 Å². The third-order valence-corrected chi connectivity index (χ3v) is 6.22. The van der Waals surface area contributed by atoms with Crippen molar-refractivity contribution in [3.8, 4) is 0 Å². The van der Waals surface area contributed by atoms with Gasteiger partial charge in [-0.3, -0.25) is 15.1 Å². The fraction of sp³-hybridized carbons (Fsp3) is 0.222. The molecule has 0 radical (unpaired) electrons. The molecule has 2 aromatic rings. The molecule has 3 rings (SSSR count). The highest BCUT2D eigenvalue weighted by molar-refractivity contribution is 8.45. The number of carbonyl (C=O) groups excluding carboxylic acids is 1. The molecular weight excluding hydrogens is 458 g/mol.